The molecular formula is C11H16N6O2. The maximum Gasteiger partial charge on any atom is 0.242 e. The van der Waals surface area contributed by atoms with Gasteiger partial charge in [0.05, 0.1) is 24.1 Å². The minimum Gasteiger partial charge on any atom is -0.444 e. The fourth-order valence-corrected chi connectivity index (χ4v) is 1.50. The van der Waals surface area contributed by atoms with E-state index in [4.69, 9.17) is 10.2 Å². The number of carbonyl (C=O) groups excluding carboxylic acids is 1. The Bertz CT molecular complexity index is 554. The van der Waals surface area contributed by atoms with Gasteiger partial charge in [0.2, 0.25) is 11.8 Å². The molecule has 0 bridgehead atoms. The lowest BCUT2D eigenvalue weighted by Gasteiger charge is -2.01. The molecule has 0 unspecified atom stereocenters. The molecule has 0 fully saturated rings. The third-order valence-electron chi connectivity index (χ3n) is 2.61. The van der Waals surface area contributed by atoms with Crippen LogP contribution in [0.5, 0.6) is 0 Å². The molecule has 0 aromatic carbocycles. The largest absolute Gasteiger partial charge is 0.444 e. The first kappa shape index (κ1) is 13.2. The number of rotatable bonds is 5. The zero-order valence-corrected chi connectivity index (χ0v) is 10.9. The molecule has 8 nitrogen and oxygen atoms in total. The highest BCUT2D eigenvalue weighted by Crippen LogP contribution is 2.07. The van der Waals surface area contributed by atoms with Crippen LogP contribution in [0.3, 0.4) is 0 Å². The van der Waals surface area contributed by atoms with E-state index in [9.17, 15) is 4.79 Å². The van der Waals surface area contributed by atoms with E-state index in [-0.39, 0.29) is 19.0 Å². The standard InChI is InChI=1S/C11H16N6O2/c1-7-8(2)19-11(14-7)4-13-10(18)6-17-5-9(3-12)15-16-17/h5H,3-4,6,12H2,1-2H3,(H,13,18). The van der Waals surface area contributed by atoms with E-state index in [0.717, 1.165) is 11.5 Å². The average molecular weight is 264 g/mol. The molecule has 1 amide bonds. The Morgan fingerprint density at radius 3 is 2.89 bits per heavy atom. The lowest BCUT2D eigenvalue weighted by molar-refractivity contribution is -0.122. The topological polar surface area (TPSA) is 112 Å². The maximum absolute atomic E-state index is 11.7. The number of nitrogens with zero attached hydrogens (tertiary/aromatic N) is 4. The minimum absolute atomic E-state index is 0.0890. The first-order chi connectivity index (χ1) is 9.08. The molecule has 0 atom stereocenters. The van der Waals surface area contributed by atoms with Crippen LogP contribution in [0.2, 0.25) is 0 Å². The Labute approximate surface area is 110 Å². The second-order valence-electron chi connectivity index (χ2n) is 4.14. The minimum atomic E-state index is -0.193. The molecule has 0 aliphatic carbocycles. The molecule has 3 N–H and O–H groups in total. The number of amides is 1. The van der Waals surface area contributed by atoms with Crippen LogP contribution in [0.25, 0.3) is 0 Å². The summed E-state index contributed by atoms with van der Waals surface area (Å²) in [4.78, 5) is 15.8. The van der Waals surface area contributed by atoms with Gasteiger partial charge in [-0.15, -0.1) is 5.10 Å². The van der Waals surface area contributed by atoms with E-state index in [1.807, 2.05) is 13.8 Å². The summed E-state index contributed by atoms with van der Waals surface area (Å²) in [5, 5.41) is 10.3. The number of nitrogens with one attached hydrogen (secondary N) is 1. The number of aryl methyl sites for hydroxylation is 2. The van der Waals surface area contributed by atoms with Gasteiger partial charge < -0.3 is 15.5 Å². The third-order valence-corrected chi connectivity index (χ3v) is 2.61. The van der Waals surface area contributed by atoms with E-state index in [1.54, 1.807) is 6.20 Å². The number of carbonyl (C=O) groups is 1. The van der Waals surface area contributed by atoms with Crippen molar-refractivity contribution in [2.45, 2.75) is 33.5 Å². The predicted octanol–water partition coefficient (Wildman–Crippen LogP) is -0.342. The van der Waals surface area contributed by atoms with Crippen molar-refractivity contribution >= 4 is 5.91 Å². The van der Waals surface area contributed by atoms with Crippen LogP contribution in [0.15, 0.2) is 10.6 Å². The van der Waals surface area contributed by atoms with Crippen molar-refractivity contribution in [3.63, 3.8) is 0 Å². The van der Waals surface area contributed by atoms with E-state index < -0.39 is 0 Å². The predicted molar refractivity (Wildman–Crippen MR) is 65.7 cm³/mol. The summed E-state index contributed by atoms with van der Waals surface area (Å²) in [6.07, 6.45) is 1.64. The number of nitrogens with two attached hydrogens (primary N) is 1. The van der Waals surface area contributed by atoms with Gasteiger partial charge in [-0.3, -0.25) is 4.79 Å². The highest BCUT2D eigenvalue weighted by molar-refractivity contribution is 5.75. The molecular weight excluding hydrogens is 248 g/mol. The summed E-state index contributed by atoms with van der Waals surface area (Å²) in [6.45, 7) is 4.33. The average Bonchev–Trinajstić information content (AvgIpc) is 2.95. The van der Waals surface area contributed by atoms with Crippen molar-refractivity contribution in [1.82, 2.24) is 25.3 Å². The van der Waals surface area contributed by atoms with Crippen LogP contribution in [0.4, 0.5) is 0 Å². The van der Waals surface area contributed by atoms with Crippen LogP contribution in [0, 0.1) is 13.8 Å². The molecule has 0 radical (unpaired) electrons. The molecule has 19 heavy (non-hydrogen) atoms. The van der Waals surface area contributed by atoms with Gasteiger partial charge in [0.15, 0.2) is 0 Å². The third kappa shape index (κ3) is 3.38. The maximum atomic E-state index is 11.7. The highest BCUT2D eigenvalue weighted by atomic mass is 16.4. The Hall–Kier alpha value is -2.22. The summed E-state index contributed by atoms with van der Waals surface area (Å²) < 4.78 is 6.79. The van der Waals surface area contributed by atoms with Crippen molar-refractivity contribution in [3.8, 4) is 0 Å². The fraction of sp³-hybridized carbons (Fsp3) is 0.455. The molecule has 0 saturated carbocycles. The van der Waals surface area contributed by atoms with E-state index in [2.05, 4.69) is 20.6 Å². The summed E-state index contributed by atoms with van der Waals surface area (Å²) in [7, 11) is 0. The Kier molecular flexibility index (Phi) is 3.91. The number of hydrogen-bond donors (Lipinski definition) is 2. The Morgan fingerprint density at radius 1 is 1.53 bits per heavy atom. The number of hydrogen-bond acceptors (Lipinski definition) is 6. The highest BCUT2D eigenvalue weighted by Gasteiger charge is 2.09. The second-order valence-corrected chi connectivity index (χ2v) is 4.14. The monoisotopic (exact) mass is 264 g/mol. The molecule has 2 aromatic rings. The summed E-state index contributed by atoms with van der Waals surface area (Å²) >= 11 is 0. The normalized spacial score (nSPS) is 10.7. The fourth-order valence-electron chi connectivity index (χ4n) is 1.50. The summed E-state index contributed by atoms with van der Waals surface area (Å²) in [5.41, 5.74) is 6.88. The zero-order valence-electron chi connectivity index (χ0n) is 10.9. The van der Waals surface area contributed by atoms with Gasteiger partial charge in [0.1, 0.15) is 12.3 Å². The summed E-state index contributed by atoms with van der Waals surface area (Å²) in [6, 6.07) is 0. The SMILES string of the molecule is Cc1nc(CNC(=O)Cn2cc(CN)nn2)oc1C. The quantitative estimate of drug-likeness (QED) is 0.764. The smallest absolute Gasteiger partial charge is 0.242 e. The Balaban J connectivity index is 1.84. The molecule has 2 heterocycles. The van der Waals surface area contributed by atoms with E-state index in [1.165, 1.54) is 4.68 Å². The lowest BCUT2D eigenvalue weighted by Crippen LogP contribution is -2.27. The van der Waals surface area contributed by atoms with E-state index in [0.29, 0.717) is 18.1 Å². The van der Waals surface area contributed by atoms with E-state index >= 15 is 0 Å². The van der Waals surface area contributed by atoms with Crippen LogP contribution in [-0.2, 0) is 24.4 Å². The number of aromatic nitrogens is 4. The van der Waals surface area contributed by atoms with Crippen LogP contribution in [0.1, 0.15) is 23.0 Å². The van der Waals surface area contributed by atoms with Crippen LogP contribution < -0.4 is 11.1 Å². The van der Waals surface area contributed by atoms with Gasteiger partial charge in [0.25, 0.3) is 0 Å². The number of oxazole rings is 1. The van der Waals surface area contributed by atoms with Crippen molar-refractivity contribution in [3.05, 3.63) is 29.2 Å². The summed E-state index contributed by atoms with van der Waals surface area (Å²) in [5.74, 6) is 1.06. The van der Waals surface area contributed by atoms with Gasteiger partial charge in [-0.2, -0.15) is 0 Å². The molecule has 102 valence electrons. The Morgan fingerprint density at radius 2 is 2.32 bits per heavy atom. The first-order valence-corrected chi connectivity index (χ1v) is 5.87. The molecule has 2 rings (SSSR count). The van der Waals surface area contributed by atoms with Crippen LogP contribution in [-0.4, -0.2) is 25.9 Å². The molecule has 0 aliphatic heterocycles. The van der Waals surface area contributed by atoms with Crippen molar-refractivity contribution in [2.24, 2.45) is 5.73 Å². The molecule has 8 heteroatoms. The molecule has 0 aliphatic rings. The van der Waals surface area contributed by atoms with Crippen LogP contribution >= 0.6 is 0 Å². The van der Waals surface area contributed by atoms with Gasteiger partial charge in [-0.25, -0.2) is 9.67 Å². The van der Waals surface area contributed by atoms with Gasteiger partial charge in [-0.05, 0) is 13.8 Å². The molecule has 0 saturated heterocycles. The van der Waals surface area contributed by atoms with Crippen molar-refractivity contribution < 1.29 is 9.21 Å². The molecule has 2 aromatic heterocycles. The van der Waals surface area contributed by atoms with Crippen molar-refractivity contribution in [1.29, 1.82) is 0 Å². The second kappa shape index (κ2) is 5.61. The van der Waals surface area contributed by atoms with Gasteiger partial charge >= 0.3 is 0 Å². The van der Waals surface area contributed by atoms with Crippen molar-refractivity contribution in [2.75, 3.05) is 0 Å². The zero-order chi connectivity index (χ0) is 13.8. The molecule has 0 spiro atoms. The first-order valence-electron chi connectivity index (χ1n) is 5.87. The lowest BCUT2D eigenvalue weighted by atomic mass is 10.4. The van der Waals surface area contributed by atoms with Gasteiger partial charge in [0, 0.05) is 6.54 Å². The van der Waals surface area contributed by atoms with Gasteiger partial charge in [-0.1, -0.05) is 5.21 Å².